The molecule has 1 fully saturated rings. The molecule has 0 atom stereocenters. The topological polar surface area (TPSA) is 109 Å². The number of ether oxygens (including phenoxy) is 2. The van der Waals surface area contributed by atoms with Gasteiger partial charge in [-0.3, -0.25) is 4.79 Å². The summed E-state index contributed by atoms with van der Waals surface area (Å²) in [7, 11) is 1.43. The van der Waals surface area contributed by atoms with Crippen molar-refractivity contribution < 1.29 is 24.2 Å². The van der Waals surface area contributed by atoms with Gasteiger partial charge in [-0.2, -0.15) is 5.26 Å². The molecule has 0 aromatic heterocycles. The fourth-order valence-corrected chi connectivity index (χ4v) is 2.56. The summed E-state index contributed by atoms with van der Waals surface area (Å²) in [5.74, 6) is -1.26. The number of nitriles is 1. The third-order valence-electron chi connectivity index (χ3n) is 3.81. The number of esters is 1. The first-order valence-electron chi connectivity index (χ1n) is 7.26. The number of nitrogens with one attached hydrogen (secondary N) is 1. The summed E-state index contributed by atoms with van der Waals surface area (Å²) in [6.45, 7) is -0.515. The molecule has 0 heterocycles. The van der Waals surface area contributed by atoms with Crippen LogP contribution in [0.25, 0.3) is 0 Å². The van der Waals surface area contributed by atoms with E-state index >= 15 is 0 Å². The molecule has 7 heteroatoms. The van der Waals surface area contributed by atoms with Crippen molar-refractivity contribution >= 4 is 11.9 Å². The molecule has 7 nitrogen and oxygen atoms in total. The van der Waals surface area contributed by atoms with Crippen LogP contribution in [-0.4, -0.2) is 36.2 Å². The van der Waals surface area contributed by atoms with Crippen LogP contribution in [0.1, 0.15) is 36.0 Å². The fourth-order valence-electron chi connectivity index (χ4n) is 2.56. The maximum atomic E-state index is 11.9. The van der Waals surface area contributed by atoms with Crippen molar-refractivity contribution in [3.05, 3.63) is 23.8 Å². The molecule has 1 aromatic rings. The van der Waals surface area contributed by atoms with Gasteiger partial charge in [0.1, 0.15) is 22.6 Å². The maximum absolute atomic E-state index is 11.9. The Morgan fingerprint density at radius 1 is 1.39 bits per heavy atom. The standard InChI is InChI=1S/C16H18N2O5/c1-22-11-4-5-13(19)12(8-11)15(21)23-9-14(20)18-16(10-17)6-2-3-7-16/h4-5,8,19H,2-3,6-7,9H2,1H3,(H,18,20). The molecule has 0 bridgehead atoms. The van der Waals surface area contributed by atoms with Crippen LogP contribution >= 0.6 is 0 Å². The van der Waals surface area contributed by atoms with Gasteiger partial charge < -0.3 is 19.9 Å². The molecule has 1 aliphatic rings. The van der Waals surface area contributed by atoms with Crippen molar-refractivity contribution in [3.8, 4) is 17.6 Å². The average Bonchev–Trinajstić information content (AvgIpc) is 3.02. The van der Waals surface area contributed by atoms with E-state index < -0.39 is 24.0 Å². The zero-order valence-corrected chi connectivity index (χ0v) is 12.8. The van der Waals surface area contributed by atoms with Gasteiger partial charge in [-0.15, -0.1) is 0 Å². The van der Waals surface area contributed by atoms with Gasteiger partial charge in [0.25, 0.3) is 5.91 Å². The Bertz CT molecular complexity index is 644. The van der Waals surface area contributed by atoms with Crippen LogP contribution in [0.2, 0.25) is 0 Å². The summed E-state index contributed by atoms with van der Waals surface area (Å²) in [5, 5.41) is 21.5. The second-order valence-corrected chi connectivity index (χ2v) is 5.41. The van der Waals surface area contributed by atoms with Gasteiger partial charge in [-0.25, -0.2) is 4.79 Å². The Hall–Kier alpha value is -2.75. The Kier molecular flexibility index (Phi) is 5.06. The Morgan fingerprint density at radius 3 is 2.70 bits per heavy atom. The lowest BCUT2D eigenvalue weighted by atomic mass is 10.00. The fraction of sp³-hybridized carbons (Fsp3) is 0.438. The zero-order chi connectivity index (χ0) is 16.9. The highest BCUT2D eigenvalue weighted by molar-refractivity contribution is 5.94. The molecule has 1 saturated carbocycles. The molecular weight excluding hydrogens is 300 g/mol. The van der Waals surface area contributed by atoms with Crippen LogP contribution in [0.5, 0.6) is 11.5 Å². The molecule has 1 aliphatic carbocycles. The lowest BCUT2D eigenvalue weighted by Crippen LogP contribution is -2.46. The van der Waals surface area contributed by atoms with Crippen LogP contribution in [0.3, 0.4) is 0 Å². The first-order chi connectivity index (χ1) is 11.0. The van der Waals surface area contributed by atoms with Gasteiger partial charge in [-0.1, -0.05) is 0 Å². The Morgan fingerprint density at radius 2 is 2.09 bits per heavy atom. The number of phenolic OH excluding ortho intramolecular Hbond substituents is 1. The summed E-state index contributed by atoms with van der Waals surface area (Å²) < 4.78 is 9.86. The third-order valence-corrected chi connectivity index (χ3v) is 3.81. The molecule has 0 radical (unpaired) electrons. The van der Waals surface area contributed by atoms with E-state index in [1.165, 1.54) is 25.3 Å². The van der Waals surface area contributed by atoms with Crippen LogP contribution in [-0.2, 0) is 9.53 Å². The summed E-state index contributed by atoms with van der Waals surface area (Å²) in [6.07, 6.45) is 2.95. The molecule has 1 amide bonds. The SMILES string of the molecule is COc1ccc(O)c(C(=O)OCC(=O)NC2(C#N)CCCC2)c1. The van der Waals surface area contributed by atoms with Gasteiger partial charge in [0.05, 0.1) is 13.2 Å². The second kappa shape index (κ2) is 7.01. The molecule has 0 spiro atoms. The quantitative estimate of drug-likeness (QED) is 0.797. The first-order valence-corrected chi connectivity index (χ1v) is 7.26. The number of nitrogens with zero attached hydrogens (tertiary/aromatic N) is 1. The van der Waals surface area contributed by atoms with Crippen molar-refractivity contribution in [2.24, 2.45) is 0 Å². The number of amides is 1. The summed E-state index contributed by atoms with van der Waals surface area (Å²) in [6, 6.07) is 6.25. The Labute approximate surface area is 133 Å². The molecule has 0 unspecified atom stereocenters. The van der Waals surface area contributed by atoms with Crippen LogP contribution < -0.4 is 10.1 Å². The Balaban J connectivity index is 1.94. The van der Waals surface area contributed by atoms with E-state index in [4.69, 9.17) is 9.47 Å². The van der Waals surface area contributed by atoms with E-state index in [0.717, 1.165) is 12.8 Å². The molecule has 23 heavy (non-hydrogen) atoms. The highest BCUT2D eigenvalue weighted by Crippen LogP contribution is 2.28. The van der Waals surface area contributed by atoms with E-state index in [1.54, 1.807) is 0 Å². The van der Waals surface area contributed by atoms with Crippen molar-refractivity contribution in [1.29, 1.82) is 5.26 Å². The highest BCUT2D eigenvalue weighted by Gasteiger charge is 2.35. The number of aromatic hydroxyl groups is 1. The van der Waals surface area contributed by atoms with Crippen molar-refractivity contribution in [2.45, 2.75) is 31.2 Å². The van der Waals surface area contributed by atoms with E-state index in [0.29, 0.717) is 18.6 Å². The van der Waals surface area contributed by atoms with E-state index in [2.05, 4.69) is 11.4 Å². The highest BCUT2D eigenvalue weighted by atomic mass is 16.5. The van der Waals surface area contributed by atoms with Gasteiger partial charge in [-0.05, 0) is 43.9 Å². The third kappa shape index (κ3) is 3.92. The minimum atomic E-state index is -0.860. The van der Waals surface area contributed by atoms with Gasteiger partial charge in [0, 0.05) is 0 Å². The summed E-state index contributed by atoms with van der Waals surface area (Å²) in [5.41, 5.74) is -0.949. The monoisotopic (exact) mass is 318 g/mol. The lowest BCUT2D eigenvalue weighted by molar-refractivity contribution is -0.125. The maximum Gasteiger partial charge on any atom is 0.342 e. The first kappa shape index (κ1) is 16.6. The number of carbonyl (C=O) groups excluding carboxylic acids is 2. The van der Waals surface area contributed by atoms with Crippen LogP contribution in [0.4, 0.5) is 0 Å². The summed E-state index contributed by atoms with van der Waals surface area (Å²) >= 11 is 0. The second-order valence-electron chi connectivity index (χ2n) is 5.41. The minimum absolute atomic E-state index is 0.0898. The molecule has 1 aromatic carbocycles. The van der Waals surface area contributed by atoms with E-state index in [1.807, 2.05) is 0 Å². The van der Waals surface area contributed by atoms with Crippen LogP contribution in [0.15, 0.2) is 18.2 Å². The lowest BCUT2D eigenvalue weighted by Gasteiger charge is -2.21. The number of phenols is 1. The number of benzene rings is 1. The number of hydrogen-bond acceptors (Lipinski definition) is 6. The number of rotatable bonds is 5. The average molecular weight is 318 g/mol. The molecule has 0 saturated heterocycles. The smallest absolute Gasteiger partial charge is 0.342 e. The van der Waals surface area contributed by atoms with Gasteiger partial charge >= 0.3 is 5.97 Å². The number of hydrogen-bond donors (Lipinski definition) is 2. The van der Waals surface area contributed by atoms with Crippen LogP contribution in [0, 0.1) is 11.3 Å². The molecular formula is C16H18N2O5. The predicted octanol–water partition coefficient (Wildman–Crippen LogP) is 1.51. The van der Waals surface area contributed by atoms with Crippen molar-refractivity contribution in [2.75, 3.05) is 13.7 Å². The largest absolute Gasteiger partial charge is 0.507 e. The van der Waals surface area contributed by atoms with Crippen molar-refractivity contribution in [3.63, 3.8) is 0 Å². The van der Waals surface area contributed by atoms with E-state index in [9.17, 15) is 20.0 Å². The molecule has 0 aliphatic heterocycles. The molecule has 2 N–H and O–H groups in total. The predicted molar refractivity (Wildman–Crippen MR) is 79.9 cm³/mol. The number of carbonyl (C=O) groups is 2. The summed E-state index contributed by atoms with van der Waals surface area (Å²) in [4.78, 5) is 23.8. The number of methoxy groups -OCH3 is 1. The minimum Gasteiger partial charge on any atom is -0.507 e. The zero-order valence-electron chi connectivity index (χ0n) is 12.8. The normalized spacial score (nSPS) is 15.5. The van der Waals surface area contributed by atoms with Crippen molar-refractivity contribution in [1.82, 2.24) is 5.32 Å². The van der Waals surface area contributed by atoms with Gasteiger partial charge in [0.2, 0.25) is 0 Å². The van der Waals surface area contributed by atoms with Gasteiger partial charge in [0.15, 0.2) is 6.61 Å². The molecule has 2 rings (SSSR count). The molecule has 122 valence electrons. The van der Waals surface area contributed by atoms with E-state index in [-0.39, 0.29) is 11.3 Å².